The highest BCUT2D eigenvalue weighted by molar-refractivity contribution is 6.31. The van der Waals surface area contributed by atoms with Gasteiger partial charge in [0.05, 0.1) is 11.0 Å². The van der Waals surface area contributed by atoms with E-state index in [1.54, 1.807) is 18.2 Å². The summed E-state index contributed by atoms with van der Waals surface area (Å²) in [6.45, 7) is 12.7. The molecule has 28 heavy (non-hydrogen) atoms. The lowest BCUT2D eigenvalue weighted by molar-refractivity contribution is -0.158. The molecule has 3 rings (SSSR count). The van der Waals surface area contributed by atoms with Gasteiger partial charge in [0.25, 0.3) is 5.56 Å². The molecule has 2 unspecified atom stereocenters. The number of carbonyl (C=O) groups excluding carboxylic acids is 1. The van der Waals surface area contributed by atoms with Gasteiger partial charge in [-0.2, -0.15) is 0 Å². The summed E-state index contributed by atoms with van der Waals surface area (Å²) < 4.78 is 5.29. The summed E-state index contributed by atoms with van der Waals surface area (Å²) in [5, 5.41) is 3.64. The van der Waals surface area contributed by atoms with Crippen LogP contribution in [0, 0.1) is 5.92 Å². The number of aromatic amines is 1. The molecule has 0 saturated carbocycles. The standard InChI is InChI=1S/C10H19NO2.C8H4Cl2N2O.C2H6/c1-7-5-6-11-8(7)9(12)13-10(2,3)4;9-4-1-2-5-6(3-4)12-8(13)7(10)11-5;1-2/h7-8,11H,5-6H2,1-4H3;1-3H,(H,12,13);1-2H3. The molecule has 2 aromatic rings. The Labute approximate surface area is 176 Å². The molecule has 0 aliphatic carbocycles. The summed E-state index contributed by atoms with van der Waals surface area (Å²) in [6.07, 6.45) is 1.06. The van der Waals surface area contributed by atoms with Crippen molar-refractivity contribution in [2.45, 2.75) is 59.6 Å². The number of esters is 1. The summed E-state index contributed by atoms with van der Waals surface area (Å²) in [7, 11) is 0. The van der Waals surface area contributed by atoms with Gasteiger partial charge in [-0.25, -0.2) is 4.98 Å². The predicted octanol–water partition coefficient (Wildman–Crippen LogP) is 4.58. The van der Waals surface area contributed by atoms with Gasteiger partial charge in [-0.05, 0) is 57.9 Å². The van der Waals surface area contributed by atoms with Crippen LogP contribution in [0.2, 0.25) is 10.2 Å². The van der Waals surface area contributed by atoms with Crippen molar-refractivity contribution in [1.29, 1.82) is 0 Å². The van der Waals surface area contributed by atoms with Crippen molar-refractivity contribution in [3.05, 3.63) is 38.7 Å². The highest BCUT2D eigenvalue weighted by Gasteiger charge is 2.32. The van der Waals surface area contributed by atoms with Gasteiger partial charge in [-0.3, -0.25) is 9.59 Å². The van der Waals surface area contributed by atoms with Gasteiger partial charge in [-0.15, -0.1) is 0 Å². The Balaban J connectivity index is 0.000000257. The van der Waals surface area contributed by atoms with Gasteiger partial charge in [-0.1, -0.05) is 44.0 Å². The third-order valence-corrected chi connectivity index (χ3v) is 4.30. The van der Waals surface area contributed by atoms with Crippen LogP contribution in [0.25, 0.3) is 11.0 Å². The number of benzene rings is 1. The van der Waals surface area contributed by atoms with Crippen LogP contribution in [-0.4, -0.2) is 34.1 Å². The topological polar surface area (TPSA) is 84.1 Å². The molecule has 1 aromatic heterocycles. The molecule has 1 aliphatic heterocycles. The lowest BCUT2D eigenvalue weighted by Gasteiger charge is -2.23. The van der Waals surface area contributed by atoms with E-state index in [2.05, 4.69) is 22.2 Å². The Morgan fingerprint density at radius 2 is 1.89 bits per heavy atom. The van der Waals surface area contributed by atoms with E-state index in [-0.39, 0.29) is 22.8 Å². The molecule has 0 spiro atoms. The molecule has 2 heterocycles. The number of H-pyrrole nitrogens is 1. The Kier molecular flexibility index (Phi) is 9.40. The molecule has 1 aliphatic rings. The first kappa shape index (κ1) is 24.4. The lowest BCUT2D eigenvalue weighted by atomic mass is 10.0. The van der Waals surface area contributed by atoms with Gasteiger partial charge in [0.1, 0.15) is 11.6 Å². The van der Waals surface area contributed by atoms with Gasteiger partial charge < -0.3 is 15.0 Å². The van der Waals surface area contributed by atoms with Gasteiger partial charge >= 0.3 is 5.97 Å². The molecule has 1 fully saturated rings. The summed E-state index contributed by atoms with van der Waals surface area (Å²) >= 11 is 11.3. The van der Waals surface area contributed by atoms with E-state index in [0.29, 0.717) is 22.0 Å². The van der Waals surface area contributed by atoms with E-state index in [9.17, 15) is 9.59 Å². The summed E-state index contributed by atoms with van der Waals surface area (Å²) in [5.41, 5.74) is 0.425. The summed E-state index contributed by atoms with van der Waals surface area (Å²) in [5.74, 6) is 0.285. The zero-order valence-electron chi connectivity index (χ0n) is 17.2. The Morgan fingerprint density at radius 3 is 2.43 bits per heavy atom. The number of aromatic nitrogens is 2. The average Bonchev–Trinajstić information content (AvgIpc) is 3.03. The van der Waals surface area contributed by atoms with E-state index in [4.69, 9.17) is 27.9 Å². The predicted molar refractivity (Wildman–Crippen MR) is 115 cm³/mol. The van der Waals surface area contributed by atoms with Crippen molar-refractivity contribution in [3.63, 3.8) is 0 Å². The molecule has 156 valence electrons. The average molecular weight is 430 g/mol. The number of carbonyl (C=O) groups is 1. The van der Waals surface area contributed by atoms with Crippen molar-refractivity contribution in [2.75, 3.05) is 6.54 Å². The van der Waals surface area contributed by atoms with Crippen LogP contribution < -0.4 is 10.9 Å². The Hall–Kier alpha value is -1.63. The van der Waals surface area contributed by atoms with Crippen LogP contribution in [0.15, 0.2) is 23.0 Å². The normalized spacial score (nSPS) is 18.6. The Bertz CT molecular complexity index is 847. The maximum absolute atomic E-state index is 11.6. The second-order valence-electron chi connectivity index (χ2n) is 7.25. The first-order valence-electron chi connectivity index (χ1n) is 9.38. The number of nitrogens with zero attached hydrogens (tertiary/aromatic N) is 1. The van der Waals surface area contributed by atoms with Crippen molar-refractivity contribution in [2.24, 2.45) is 5.92 Å². The molecule has 1 saturated heterocycles. The molecule has 8 heteroatoms. The van der Waals surface area contributed by atoms with Gasteiger partial charge in [0, 0.05) is 5.02 Å². The number of ether oxygens (including phenoxy) is 1. The minimum atomic E-state index is -0.406. The van der Waals surface area contributed by atoms with Crippen LogP contribution in [0.3, 0.4) is 0 Å². The number of rotatable bonds is 1. The van der Waals surface area contributed by atoms with Crippen LogP contribution in [0.4, 0.5) is 0 Å². The summed E-state index contributed by atoms with van der Waals surface area (Å²) in [4.78, 5) is 29.1. The number of halogens is 2. The van der Waals surface area contributed by atoms with E-state index < -0.39 is 5.56 Å². The van der Waals surface area contributed by atoms with Crippen LogP contribution in [0.5, 0.6) is 0 Å². The molecule has 0 radical (unpaired) electrons. The SMILES string of the molecule is CC.CC1CCNC1C(=O)OC(C)(C)C.O=c1[nH]c2cc(Cl)ccc2nc1Cl. The second-order valence-corrected chi connectivity index (χ2v) is 8.04. The number of hydrogen-bond acceptors (Lipinski definition) is 5. The first-order chi connectivity index (χ1) is 13.1. The van der Waals surface area contributed by atoms with Gasteiger partial charge in [0.15, 0.2) is 5.15 Å². The van der Waals surface area contributed by atoms with Gasteiger partial charge in [0.2, 0.25) is 0 Å². The van der Waals surface area contributed by atoms with Crippen molar-refractivity contribution in [1.82, 2.24) is 15.3 Å². The van der Waals surface area contributed by atoms with E-state index in [1.165, 1.54) is 0 Å². The molecule has 2 atom stereocenters. The molecular weight excluding hydrogens is 401 g/mol. The molecule has 1 aromatic carbocycles. The minimum Gasteiger partial charge on any atom is -0.459 e. The largest absolute Gasteiger partial charge is 0.459 e. The number of hydrogen-bond donors (Lipinski definition) is 2. The number of fused-ring (bicyclic) bond motifs is 1. The van der Waals surface area contributed by atoms with Crippen LogP contribution in [-0.2, 0) is 9.53 Å². The highest BCUT2D eigenvalue weighted by atomic mass is 35.5. The molecule has 0 amide bonds. The fraction of sp³-hybridized carbons (Fsp3) is 0.550. The highest BCUT2D eigenvalue weighted by Crippen LogP contribution is 2.18. The van der Waals surface area contributed by atoms with Crippen LogP contribution in [0.1, 0.15) is 48.0 Å². The maximum Gasteiger partial charge on any atom is 0.323 e. The van der Waals surface area contributed by atoms with Crippen molar-refractivity contribution in [3.8, 4) is 0 Å². The fourth-order valence-corrected chi connectivity index (χ4v) is 2.86. The van der Waals surface area contributed by atoms with E-state index in [0.717, 1.165) is 13.0 Å². The van der Waals surface area contributed by atoms with Crippen molar-refractivity contribution >= 4 is 40.2 Å². The monoisotopic (exact) mass is 429 g/mol. The van der Waals surface area contributed by atoms with E-state index >= 15 is 0 Å². The maximum atomic E-state index is 11.6. The number of nitrogens with one attached hydrogen (secondary N) is 2. The molecule has 2 N–H and O–H groups in total. The minimum absolute atomic E-state index is 0.0603. The lowest BCUT2D eigenvalue weighted by Crippen LogP contribution is -2.40. The quantitative estimate of drug-likeness (QED) is 0.647. The second kappa shape index (κ2) is 10.8. The Morgan fingerprint density at radius 1 is 1.25 bits per heavy atom. The molecule has 6 nitrogen and oxygen atoms in total. The smallest absolute Gasteiger partial charge is 0.323 e. The van der Waals surface area contributed by atoms with Crippen LogP contribution >= 0.6 is 23.2 Å². The zero-order chi connectivity index (χ0) is 21.5. The van der Waals surface area contributed by atoms with Crippen molar-refractivity contribution < 1.29 is 9.53 Å². The first-order valence-corrected chi connectivity index (χ1v) is 10.1. The zero-order valence-corrected chi connectivity index (χ0v) is 18.7. The third-order valence-electron chi connectivity index (χ3n) is 3.81. The summed E-state index contributed by atoms with van der Waals surface area (Å²) in [6, 6.07) is 4.91. The van der Waals surface area contributed by atoms with E-state index in [1.807, 2.05) is 34.6 Å². The molecule has 0 bridgehead atoms. The third kappa shape index (κ3) is 7.41. The fourth-order valence-electron chi connectivity index (χ4n) is 2.55. The molecular formula is C20H29Cl2N3O3.